The first-order valence-electron chi connectivity index (χ1n) is 12.5. The smallest absolute Gasteiger partial charge is 0.272 e. The summed E-state index contributed by atoms with van der Waals surface area (Å²) in [4.78, 5) is 26.6. The fraction of sp³-hybridized carbons (Fsp3) is 0.379. The third-order valence-corrected chi connectivity index (χ3v) is 6.64. The van der Waals surface area contributed by atoms with Gasteiger partial charge in [-0.2, -0.15) is 0 Å². The number of fused-ring (bicyclic) bond motifs is 1. The van der Waals surface area contributed by atoms with Crippen molar-refractivity contribution in [3.05, 3.63) is 99.1 Å². The molecule has 1 fully saturated rings. The van der Waals surface area contributed by atoms with E-state index in [0.717, 1.165) is 38.2 Å². The van der Waals surface area contributed by atoms with Crippen molar-refractivity contribution in [2.24, 2.45) is 0 Å². The van der Waals surface area contributed by atoms with E-state index in [2.05, 4.69) is 15.0 Å². The highest BCUT2D eigenvalue weighted by Gasteiger charge is 2.29. The molecule has 1 saturated carbocycles. The van der Waals surface area contributed by atoms with E-state index in [1.165, 1.54) is 41.5 Å². The molecule has 0 spiro atoms. The van der Waals surface area contributed by atoms with Crippen molar-refractivity contribution in [1.29, 1.82) is 0 Å². The van der Waals surface area contributed by atoms with Crippen molar-refractivity contribution in [2.45, 2.75) is 71.3 Å². The third kappa shape index (κ3) is 6.42. The van der Waals surface area contributed by atoms with Crippen molar-refractivity contribution < 1.29 is 13.2 Å². The van der Waals surface area contributed by atoms with E-state index in [4.69, 9.17) is 0 Å². The first-order chi connectivity index (χ1) is 17.6. The summed E-state index contributed by atoms with van der Waals surface area (Å²) in [6.07, 6.45) is 8.42. The summed E-state index contributed by atoms with van der Waals surface area (Å²) in [6.45, 7) is 4.44. The molecule has 0 unspecified atom stereocenters. The van der Waals surface area contributed by atoms with Crippen LogP contribution >= 0.6 is 0 Å². The molecule has 1 aromatic carbocycles. The van der Waals surface area contributed by atoms with Gasteiger partial charge in [-0.05, 0) is 68.5 Å². The monoisotopic (exact) mass is 508 g/mol. The average Bonchev–Trinajstić information content (AvgIpc) is 2.86. The van der Waals surface area contributed by atoms with Gasteiger partial charge in [0, 0.05) is 30.4 Å². The van der Waals surface area contributed by atoms with Gasteiger partial charge in [0.05, 0.1) is 17.9 Å². The molecule has 0 amide bonds. The molecule has 0 N–H and O–H groups in total. The molecule has 1 aliphatic rings. The van der Waals surface area contributed by atoms with Gasteiger partial charge in [-0.1, -0.05) is 31.4 Å². The van der Waals surface area contributed by atoms with E-state index in [1.807, 2.05) is 19.1 Å². The van der Waals surface area contributed by atoms with Crippen LogP contribution in [0, 0.1) is 19.7 Å². The second-order valence-corrected chi connectivity index (χ2v) is 9.73. The number of pyridine rings is 2. The second-order valence-electron chi connectivity index (χ2n) is 9.73. The predicted octanol–water partition coefficient (Wildman–Crippen LogP) is 6.84. The predicted molar refractivity (Wildman–Crippen MR) is 138 cm³/mol. The van der Waals surface area contributed by atoms with E-state index in [9.17, 15) is 18.0 Å². The molecule has 0 radical (unpaired) electrons. The Labute approximate surface area is 214 Å². The van der Waals surface area contributed by atoms with E-state index in [-0.39, 0.29) is 35.1 Å². The van der Waals surface area contributed by atoms with Crippen molar-refractivity contribution in [2.75, 3.05) is 0 Å². The van der Waals surface area contributed by atoms with Crippen LogP contribution in [0.15, 0.2) is 59.7 Å². The Bertz CT molecular complexity index is 1420. The Morgan fingerprint density at radius 1 is 1.03 bits per heavy atom. The average molecular weight is 509 g/mol. The highest BCUT2D eigenvalue weighted by atomic mass is 19.3. The van der Waals surface area contributed by atoms with Gasteiger partial charge in [-0.25, -0.2) is 18.2 Å². The van der Waals surface area contributed by atoms with E-state index >= 15 is 0 Å². The Hall–Kier alpha value is -3.55. The molecule has 3 aromatic heterocycles. The Morgan fingerprint density at radius 3 is 2.43 bits per heavy atom. The summed E-state index contributed by atoms with van der Waals surface area (Å²) in [7, 11) is 0. The zero-order valence-corrected chi connectivity index (χ0v) is 21.3. The number of halogens is 3. The number of hydrogen-bond donors (Lipinski definition) is 0. The summed E-state index contributed by atoms with van der Waals surface area (Å²) in [5, 5.41) is 0. The minimum absolute atomic E-state index is 0.0619. The zero-order valence-electron chi connectivity index (χ0n) is 21.3. The molecule has 0 bridgehead atoms. The highest BCUT2D eigenvalue weighted by molar-refractivity contribution is 5.71. The highest BCUT2D eigenvalue weighted by Crippen LogP contribution is 2.32. The van der Waals surface area contributed by atoms with Crippen LogP contribution in [-0.4, -0.2) is 19.5 Å². The molecule has 37 heavy (non-hydrogen) atoms. The van der Waals surface area contributed by atoms with E-state index in [1.54, 1.807) is 19.2 Å². The minimum atomic E-state index is -3.05. The zero-order chi connectivity index (χ0) is 26.6. The van der Waals surface area contributed by atoms with Crippen LogP contribution in [-0.2, 0) is 12.5 Å². The summed E-state index contributed by atoms with van der Waals surface area (Å²) in [5.41, 5.74) is 3.16. The maximum atomic E-state index is 14.1. The standard InChI is InChI=1S/C22H24F2N4O.C7H7F/c1-14-12-26-18-11-16(15-7-4-3-5-8-15)21(29)28(20(18)27-14)13-19-17(22(2,23)24)9-6-10-25-19;1-6-3-2-4-7(8)5-6/h6,9-12,15H,3-5,7-8,13H2,1-2H3;2-5H,1H3. The molecule has 4 aromatic rings. The largest absolute Gasteiger partial charge is 0.285 e. The lowest BCUT2D eigenvalue weighted by Gasteiger charge is -2.23. The number of aryl methyl sites for hydroxylation is 2. The van der Waals surface area contributed by atoms with Gasteiger partial charge in [0.25, 0.3) is 11.5 Å². The number of benzene rings is 1. The minimum Gasteiger partial charge on any atom is -0.285 e. The topological polar surface area (TPSA) is 60.7 Å². The van der Waals surface area contributed by atoms with Crippen molar-refractivity contribution in [3.63, 3.8) is 0 Å². The van der Waals surface area contributed by atoms with Gasteiger partial charge in [0.2, 0.25) is 0 Å². The molecule has 3 heterocycles. The molecule has 0 saturated heterocycles. The second kappa shape index (κ2) is 11.2. The van der Waals surface area contributed by atoms with E-state index in [0.29, 0.717) is 22.4 Å². The van der Waals surface area contributed by atoms with Crippen LogP contribution in [0.5, 0.6) is 0 Å². The maximum Gasteiger partial charge on any atom is 0.272 e. The first kappa shape index (κ1) is 26.5. The normalized spacial score (nSPS) is 14.3. The van der Waals surface area contributed by atoms with Gasteiger partial charge in [-0.15, -0.1) is 0 Å². The Morgan fingerprint density at radius 2 is 1.78 bits per heavy atom. The summed E-state index contributed by atoms with van der Waals surface area (Å²) in [6, 6.07) is 11.2. The Balaban J connectivity index is 0.000000342. The van der Waals surface area contributed by atoms with Crippen molar-refractivity contribution in [3.8, 4) is 0 Å². The molecule has 5 rings (SSSR count). The number of nitrogens with zero attached hydrogens (tertiary/aromatic N) is 4. The molecular weight excluding hydrogens is 477 g/mol. The quantitative estimate of drug-likeness (QED) is 0.303. The summed E-state index contributed by atoms with van der Waals surface area (Å²) >= 11 is 0. The molecule has 5 nitrogen and oxygen atoms in total. The summed E-state index contributed by atoms with van der Waals surface area (Å²) in [5.74, 6) is -3.04. The van der Waals surface area contributed by atoms with Crippen LogP contribution in [0.2, 0.25) is 0 Å². The lowest BCUT2D eigenvalue weighted by Crippen LogP contribution is -2.29. The van der Waals surface area contributed by atoms with Crippen LogP contribution < -0.4 is 5.56 Å². The van der Waals surface area contributed by atoms with E-state index < -0.39 is 5.92 Å². The number of aromatic nitrogens is 4. The number of alkyl halides is 2. The fourth-order valence-corrected chi connectivity index (χ4v) is 4.81. The first-order valence-corrected chi connectivity index (χ1v) is 12.5. The maximum absolute atomic E-state index is 14.1. The molecular formula is C29H31F3N4O. The third-order valence-electron chi connectivity index (χ3n) is 6.64. The van der Waals surface area contributed by atoms with Crippen LogP contribution in [0.4, 0.5) is 13.2 Å². The number of rotatable bonds is 4. The lowest BCUT2D eigenvalue weighted by atomic mass is 9.84. The van der Waals surface area contributed by atoms with Crippen LogP contribution in [0.25, 0.3) is 11.2 Å². The van der Waals surface area contributed by atoms with Gasteiger partial charge >= 0.3 is 0 Å². The molecule has 0 aliphatic heterocycles. The van der Waals surface area contributed by atoms with Crippen molar-refractivity contribution >= 4 is 11.2 Å². The van der Waals surface area contributed by atoms with Gasteiger partial charge in [-0.3, -0.25) is 19.3 Å². The van der Waals surface area contributed by atoms with Gasteiger partial charge < -0.3 is 0 Å². The Kier molecular flexibility index (Phi) is 8.05. The fourth-order valence-electron chi connectivity index (χ4n) is 4.81. The number of hydrogen-bond acceptors (Lipinski definition) is 4. The molecule has 194 valence electrons. The van der Waals surface area contributed by atoms with Gasteiger partial charge in [0.1, 0.15) is 11.3 Å². The SMILES string of the molecule is Cc1cccc(F)c1.Cc1cnc2cc(C3CCCCC3)c(=O)n(Cc3ncccc3C(C)(F)F)c2n1. The van der Waals surface area contributed by atoms with Crippen LogP contribution in [0.3, 0.4) is 0 Å². The summed E-state index contributed by atoms with van der Waals surface area (Å²) < 4.78 is 41.9. The molecule has 0 atom stereocenters. The van der Waals surface area contributed by atoms with Gasteiger partial charge in [0.15, 0.2) is 5.65 Å². The van der Waals surface area contributed by atoms with Crippen molar-refractivity contribution in [1.82, 2.24) is 19.5 Å². The lowest BCUT2D eigenvalue weighted by molar-refractivity contribution is 0.0160. The van der Waals surface area contributed by atoms with Crippen LogP contribution in [0.1, 0.15) is 73.0 Å². The molecule has 1 aliphatic carbocycles. The molecule has 8 heteroatoms.